The summed E-state index contributed by atoms with van der Waals surface area (Å²) in [6.07, 6.45) is 0. The molecule has 0 bridgehead atoms. The van der Waals surface area contributed by atoms with Gasteiger partial charge in [-0.15, -0.1) is 11.3 Å². The zero-order valence-corrected chi connectivity index (χ0v) is 33.0. The molecule has 4 heterocycles. The molecule has 0 fully saturated rings. The molecule has 0 unspecified atom stereocenters. The highest BCUT2D eigenvalue weighted by Crippen LogP contribution is 2.43. The van der Waals surface area contributed by atoms with Crippen LogP contribution in [0.5, 0.6) is 0 Å². The van der Waals surface area contributed by atoms with Crippen molar-refractivity contribution >= 4 is 64.2 Å². The average molecular weight is 784 g/mol. The maximum atomic E-state index is 5.25. The SMILES string of the molecule is c1ccc(-c2nc(-c3cccc(-c4ccc(-c5nc6ccccc6c6sc7ccccc7c56)cc4)c3)nc(-c3cccc(-n4c5ccccc5c5ccccc54)c3)n2)cc1. The van der Waals surface area contributed by atoms with Crippen LogP contribution in [-0.2, 0) is 0 Å². The lowest BCUT2D eigenvalue weighted by molar-refractivity contribution is 1.07. The Balaban J connectivity index is 0.951. The van der Waals surface area contributed by atoms with E-state index < -0.39 is 0 Å². The molecule has 0 saturated carbocycles. The molecule has 5 nitrogen and oxygen atoms in total. The number of benzene rings is 8. The summed E-state index contributed by atoms with van der Waals surface area (Å²) in [7, 11) is 0. The molecule has 0 amide bonds. The highest BCUT2D eigenvalue weighted by atomic mass is 32.1. The number of aromatic nitrogens is 5. The van der Waals surface area contributed by atoms with Crippen molar-refractivity contribution in [3.05, 3.63) is 200 Å². The lowest BCUT2D eigenvalue weighted by Gasteiger charge is -2.12. The van der Waals surface area contributed by atoms with E-state index >= 15 is 0 Å². The molecule has 6 heteroatoms. The number of nitrogens with zero attached hydrogens (tertiary/aromatic N) is 5. The number of fused-ring (bicyclic) bond motifs is 8. The molecule has 12 rings (SSSR count). The second kappa shape index (κ2) is 13.9. The Morgan fingerprint density at radius 3 is 1.62 bits per heavy atom. The van der Waals surface area contributed by atoms with Crippen molar-refractivity contribution < 1.29 is 0 Å². The van der Waals surface area contributed by atoms with E-state index in [-0.39, 0.29) is 0 Å². The third-order valence-corrected chi connectivity index (χ3v) is 12.6. The summed E-state index contributed by atoms with van der Waals surface area (Å²) < 4.78 is 4.87. The van der Waals surface area contributed by atoms with Gasteiger partial charge in [-0.05, 0) is 53.6 Å². The molecule has 0 saturated heterocycles. The van der Waals surface area contributed by atoms with Crippen LogP contribution < -0.4 is 0 Å². The largest absolute Gasteiger partial charge is 0.309 e. The van der Waals surface area contributed by atoms with Gasteiger partial charge in [0.15, 0.2) is 17.5 Å². The summed E-state index contributed by atoms with van der Waals surface area (Å²) >= 11 is 1.84. The fourth-order valence-electron chi connectivity index (χ4n) is 8.61. The zero-order valence-electron chi connectivity index (χ0n) is 32.2. The van der Waals surface area contributed by atoms with Crippen LogP contribution in [0.4, 0.5) is 0 Å². The van der Waals surface area contributed by atoms with E-state index in [9.17, 15) is 0 Å². The van der Waals surface area contributed by atoms with E-state index in [1.807, 2.05) is 41.7 Å². The van der Waals surface area contributed by atoms with Crippen molar-refractivity contribution in [1.29, 1.82) is 0 Å². The molecule has 0 aliphatic heterocycles. The molecule has 280 valence electrons. The van der Waals surface area contributed by atoms with Crippen molar-refractivity contribution in [2.75, 3.05) is 0 Å². The summed E-state index contributed by atoms with van der Waals surface area (Å²) in [5.74, 6) is 1.86. The van der Waals surface area contributed by atoms with Gasteiger partial charge in [0, 0.05) is 64.3 Å². The second-order valence-electron chi connectivity index (χ2n) is 15.0. The molecule has 8 aromatic carbocycles. The van der Waals surface area contributed by atoms with Gasteiger partial charge in [-0.2, -0.15) is 0 Å². The van der Waals surface area contributed by atoms with Gasteiger partial charge < -0.3 is 4.57 Å². The van der Waals surface area contributed by atoms with Crippen LogP contribution in [0.3, 0.4) is 0 Å². The van der Waals surface area contributed by atoms with Gasteiger partial charge in [0.05, 0.1) is 22.2 Å². The highest BCUT2D eigenvalue weighted by Gasteiger charge is 2.18. The Morgan fingerprint density at radius 1 is 0.350 bits per heavy atom. The number of hydrogen-bond donors (Lipinski definition) is 0. The minimum Gasteiger partial charge on any atom is -0.309 e. The number of hydrogen-bond acceptors (Lipinski definition) is 5. The third kappa shape index (κ3) is 5.69. The maximum absolute atomic E-state index is 5.25. The number of thiophene rings is 1. The first-order valence-electron chi connectivity index (χ1n) is 20.1. The Kier molecular flexibility index (Phi) is 7.96. The van der Waals surface area contributed by atoms with Gasteiger partial charge in [-0.25, -0.2) is 19.9 Å². The molecular formula is C54H33N5S. The van der Waals surface area contributed by atoms with Crippen LogP contribution >= 0.6 is 11.3 Å². The average Bonchev–Trinajstić information content (AvgIpc) is 3.89. The van der Waals surface area contributed by atoms with Crippen LogP contribution in [-0.4, -0.2) is 24.5 Å². The molecule has 12 aromatic rings. The predicted molar refractivity (Wildman–Crippen MR) is 250 cm³/mol. The minimum atomic E-state index is 0.617. The molecule has 0 atom stereocenters. The van der Waals surface area contributed by atoms with Gasteiger partial charge in [-0.3, -0.25) is 0 Å². The van der Waals surface area contributed by atoms with Crippen molar-refractivity contribution in [2.24, 2.45) is 0 Å². The first-order valence-corrected chi connectivity index (χ1v) is 20.9. The third-order valence-electron chi connectivity index (χ3n) is 11.4. The van der Waals surface area contributed by atoms with Crippen molar-refractivity contribution in [3.8, 4) is 62.2 Å². The van der Waals surface area contributed by atoms with E-state index in [0.717, 1.165) is 61.3 Å². The quantitative estimate of drug-likeness (QED) is 0.169. The molecule has 0 aliphatic carbocycles. The molecule has 0 aliphatic rings. The maximum Gasteiger partial charge on any atom is 0.164 e. The first-order chi connectivity index (χ1) is 29.7. The van der Waals surface area contributed by atoms with Gasteiger partial charge in [0.1, 0.15) is 0 Å². The lowest BCUT2D eigenvalue weighted by atomic mass is 9.98. The first kappa shape index (κ1) is 34.3. The topological polar surface area (TPSA) is 56.5 Å². The number of rotatable bonds is 6. The Bertz CT molecular complexity index is 3550. The van der Waals surface area contributed by atoms with Crippen LogP contribution in [0.15, 0.2) is 200 Å². The predicted octanol–water partition coefficient (Wildman–Crippen LogP) is 14.2. The second-order valence-corrected chi connectivity index (χ2v) is 16.1. The fourth-order valence-corrected chi connectivity index (χ4v) is 9.85. The Labute approximate surface area is 349 Å². The van der Waals surface area contributed by atoms with Crippen LogP contribution in [0.1, 0.15) is 0 Å². The monoisotopic (exact) mass is 783 g/mol. The Morgan fingerprint density at radius 2 is 0.883 bits per heavy atom. The summed E-state index contributed by atoms with van der Waals surface area (Å²) in [5, 5.41) is 6.09. The van der Waals surface area contributed by atoms with Crippen molar-refractivity contribution in [3.63, 3.8) is 0 Å². The Hall–Kier alpha value is -7.80. The highest BCUT2D eigenvalue weighted by molar-refractivity contribution is 7.26. The van der Waals surface area contributed by atoms with Crippen LogP contribution in [0, 0.1) is 0 Å². The fraction of sp³-hybridized carbons (Fsp3) is 0. The van der Waals surface area contributed by atoms with Gasteiger partial charge in [-0.1, -0.05) is 158 Å². The van der Waals surface area contributed by atoms with E-state index in [4.69, 9.17) is 19.9 Å². The van der Waals surface area contributed by atoms with Crippen molar-refractivity contribution in [2.45, 2.75) is 0 Å². The normalized spacial score (nSPS) is 11.7. The zero-order chi connectivity index (χ0) is 39.6. The van der Waals surface area contributed by atoms with Gasteiger partial charge in [0.2, 0.25) is 0 Å². The molecular weight excluding hydrogens is 751 g/mol. The summed E-state index contributed by atoms with van der Waals surface area (Å²) in [6.45, 7) is 0. The van der Waals surface area contributed by atoms with E-state index in [2.05, 4.69) is 174 Å². The number of para-hydroxylation sites is 3. The molecule has 0 spiro atoms. The molecule has 0 N–H and O–H groups in total. The van der Waals surface area contributed by atoms with E-state index in [0.29, 0.717) is 17.5 Å². The standard InChI is InChI=1S/C54H33N5S/c1-2-14-36(15-3-1)52-56-53(58-54(57-52)39-18-13-19-40(33-39)59-46-25-9-5-20-41(46)42-21-6-10-26-47(42)59)38-17-12-16-37(32-38)34-28-30-35(31-29-34)50-49-44-23-7-11-27-48(44)60-51(49)43-22-4-8-24-45(43)55-50/h1-33H. The molecule has 60 heavy (non-hydrogen) atoms. The van der Waals surface area contributed by atoms with Crippen LogP contribution in [0.25, 0.3) is 115 Å². The minimum absolute atomic E-state index is 0.617. The van der Waals surface area contributed by atoms with E-state index in [1.54, 1.807) is 0 Å². The molecule has 4 aromatic heterocycles. The number of pyridine rings is 1. The lowest BCUT2D eigenvalue weighted by Crippen LogP contribution is -2.01. The summed E-state index contributed by atoms with van der Waals surface area (Å²) in [6, 6.07) is 70.2. The van der Waals surface area contributed by atoms with Crippen molar-refractivity contribution in [1.82, 2.24) is 24.5 Å². The summed E-state index contributed by atoms with van der Waals surface area (Å²) in [5.41, 5.74) is 11.4. The van der Waals surface area contributed by atoms with Crippen LogP contribution in [0.2, 0.25) is 0 Å². The van der Waals surface area contributed by atoms with E-state index in [1.165, 1.54) is 36.3 Å². The van der Waals surface area contributed by atoms with Gasteiger partial charge in [0.25, 0.3) is 0 Å². The van der Waals surface area contributed by atoms with Gasteiger partial charge >= 0.3 is 0 Å². The summed E-state index contributed by atoms with van der Waals surface area (Å²) in [4.78, 5) is 20.6. The molecule has 0 radical (unpaired) electrons. The smallest absolute Gasteiger partial charge is 0.164 e.